The Hall–Kier alpha value is -4.11. The van der Waals surface area contributed by atoms with E-state index in [0.717, 1.165) is 22.5 Å². The number of hydrogen-bond donors (Lipinski definition) is 1. The van der Waals surface area contributed by atoms with Gasteiger partial charge in [0, 0.05) is 35.7 Å². The van der Waals surface area contributed by atoms with Crippen LogP contribution in [0.5, 0.6) is 0 Å². The Morgan fingerprint density at radius 1 is 1.11 bits per heavy atom. The molecule has 4 heterocycles. The summed E-state index contributed by atoms with van der Waals surface area (Å²) in [7, 11) is 0. The molecule has 35 heavy (non-hydrogen) atoms. The predicted octanol–water partition coefficient (Wildman–Crippen LogP) is 3.79. The van der Waals surface area contributed by atoms with Gasteiger partial charge in [-0.25, -0.2) is 9.67 Å². The first-order valence-corrected chi connectivity index (χ1v) is 12.1. The zero-order chi connectivity index (χ0) is 24.5. The molecule has 0 unspecified atom stereocenters. The van der Waals surface area contributed by atoms with Crippen LogP contribution in [0.2, 0.25) is 0 Å². The van der Waals surface area contributed by atoms with Crippen LogP contribution in [0.1, 0.15) is 28.2 Å². The molecule has 5 rings (SSSR count). The topological polar surface area (TPSA) is 94.2 Å². The lowest BCUT2D eigenvalue weighted by Gasteiger charge is -2.07. The second kappa shape index (κ2) is 9.27. The summed E-state index contributed by atoms with van der Waals surface area (Å²) < 4.78 is 3.36. The molecule has 0 aliphatic heterocycles. The molecule has 0 atom stereocenters. The zero-order valence-corrected chi connectivity index (χ0v) is 20.5. The number of carbonyl (C=O) groups excluding carboxylic acids is 1. The van der Waals surface area contributed by atoms with E-state index in [4.69, 9.17) is 5.10 Å². The third kappa shape index (κ3) is 4.50. The van der Waals surface area contributed by atoms with E-state index in [9.17, 15) is 9.59 Å². The van der Waals surface area contributed by atoms with Crippen LogP contribution in [0.4, 0.5) is 0 Å². The molecule has 4 aromatic heterocycles. The summed E-state index contributed by atoms with van der Waals surface area (Å²) in [6.45, 7) is 6.18. The predicted molar refractivity (Wildman–Crippen MR) is 136 cm³/mol. The molecule has 1 amide bonds. The molecular formula is C26H24N6O2S. The highest BCUT2D eigenvalue weighted by Gasteiger charge is 2.20. The summed E-state index contributed by atoms with van der Waals surface area (Å²) in [6.07, 6.45) is 3.47. The van der Waals surface area contributed by atoms with Crippen molar-refractivity contribution < 1.29 is 4.79 Å². The van der Waals surface area contributed by atoms with Crippen molar-refractivity contribution >= 4 is 22.2 Å². The third-order valence-corrected chi connectivity index (χ3v) is 6.64. The number of aryl methyl sites for hydroxylation is 3. The van der Waals surface area contributed by atoms with Crippen LogP contribution in [0.15, 0.2) is 65.0 Å². The highest BCUT2D eigenvalue weighted by molar-refractivity contribution is 7.15. The van der Waals surface area contributed by atoms with E-state index in [-0.39, 0.29) is 17.9 Å². The van der Waals surface area contributed by atoms with Gasteiger partial charge in [0.25, 0.3) is 5.56 Å². The lowest BCUT2D eigenvalue weighted by Crippen LogP contribution is -2.27. The smallest absolute Gasteiger partial charge is 0.268 e. The highest BCUT2D eigenvalue weighted by Crippen LogP contribution is 2.23. The molecule has 0 saturated heterocycles. The minimum atomic E-state index is -0.224. The van der Waals surface area contributed by atoms with E-state index in [0.29, 0.717) is 34.2 Å². The first-order valence-electron chi connectivity index (χ1n) is 11.2. The van der Waals surface area contributed by atoms with E-state index < -0.39 is 0 Å². The van der Waals surface area contributed by atoms with E-state index in [1.165, 1.54) is 15.7 Å². The molecule has 0 aliphatic rings. The average Bonchev–Trinajstić information content (AvgIpc) is 3.41. The van der Waals surface area contributed by atoms with Gasteiger partial charge in [0.2, 0.25) is 5.91 Å². The van der Waals surface area contributed by atoms with E-state index in [1.807, 2.05) is 73.3 Å². The van der Waals surface area contributed by atoms with Gasteiger partial charge in [0.1, 0.15) is 5.69 Å². The number of nitrogens with zero attached hydrogens (tertiary/aromatic N) is 5. The molecule has 0 fully saturated rings. The van der Waals surface area contributed by atoms with Crippen LogP contribution < -0.4 is 10.9 Å². The Morgan fingerprint density at radius 3 is 2.74 bits per heavy atom. The number of fused-ring (bicyclic) bond motifs is 1. The number of pyridine rings is 1. The summed E-state index contributed by atoms with van der Waals surface area (Å²) in [5.74, 6) is -0.179. The van der Waals surface area contributed by atoms with Crippen LogP contribution in [0.3, 0.4) is 0 Å². The second-order valence-electron chi connectivity index (χ2n) is 8.46. The van der Waals surface area contributed by atoms with E-state index in [2.05, 4.69) is 15.3 Å². The van der Waals surface area contributed by atoms with Crippen molar-refractivity contribution in [2.75, 3.05) is 0 Å². The maximum Gasteiger partial charge on any atom is 0.268 e. The Balaban J connectivity index is 1.48. The summed E-state index contributed by atoms with van der Waals surface area (Å²) in [6, 6.07) is 13.7. The zero-order valence-electron chi connectivity index (χ0n) is 19.6. The van der Waals surface area contributed by atoms with Crippen molar-refractivity contribution in [2.45, 2.75) is 33.7 Å². The lowest BCUT2D eigenvalue weighted by atomic mass is 10.1. The largest absolute Gasteiger partial charge is 0.352 e. The molecule has 5 aromatic rings. The third-order valence-electron chi connectivity index (χ3n) is 5.76. The summed E-state index contributed by atoms with van der Waals surface area (Å²) in [4.78, 5) is 35.5. The average molecular weight is 485 g/mol. The van der Waals surface area contributed by atoms with Gasteiger partial charge in [-0.05, 0) is 56.2 Å². The van der Waals surface area contributed by atoms with Crippen molar-refractivity contribution in [1.82, 2.24) is 29.5 Å². The molecule has 1 N–H and O–H groups in total. The molecule has 0 saturated carbocycles. The number of aromatic nitrogens is 5. The van der Waals surface area contributed by atoms with Crippen molar-refractivity contribution in [3.05, 3.63) is 98.8 Å². The number of amides is 1. The van der Waals surface area contributed by atoms with Crippen LogP contribution in [-0.2, 0) is 17.8 Å². The van der Waals surface area contributed by atoms with Crippen LogP contribution in [-0.4, -0.2) is 30.1 Å². The number of benzene rings is 1. The van der Waals surface area contributed by atoms with Crippen LogP contribution in [0, 0.1) is 20.8 Å². The molecule has 0 bridgehead atoms. The van der Waals surface area contributed by atoms with Crippen molar-refractivity contribution in [1.29, 1.82) is 0 Å². The fourth-order valence-corrected chi connectivity index (χ4v) is 5.00. The molecule has 0 spiro atoms. The molecule has 0 aliphatic carbocycles. The number of carbonyl (C=O) groups is 1. The number of thiazole rings is 1. The van der Waals surface area contributed by atoms with Crippen molar-refractivity contribution in [3.8, 4) is 16.9 Å². The van der Waals surface area contributed by atoms with E-state index in [1.54, 1.807) is 12.4 Å². The maximum absolute atomic E-state index is 13.6. The fraction of sp³-hybridized carbons (Fsp3) is 0.192. The van der Waals surface area contributed by atoms with E-state index >= 15 is 0 Å². The standard InChI is InChI=1S/C26H24N6O2S/c1-16-6-4-8-20(10-16)32-17(2)11-22(30-32)24-18(3)29-26-31(25(24)34)21(15-35-26)12-23(33)28-14-19-7-5-9-27-13-19/h4-11,13,15H,12,14H2,1-3H3,(H,28,33). The number of rotatable bonds is 6. The molecule has 1 aromatic carbocycles. The molecule has 0 radical (unpaired) electrons. The quantitative estimate of drug-likeness (QED) is 0.396. The first-order chi connectivity index (χ1) is 16.9. The normalized spacial score (nSPS) is 11.2. The second-order valence-corrected chi connectivity index (χ2v) is 9.30. The van der Waals surface area contributed by atoms with Gasteiger partial charge in [-0.3, -0.25) is 19.0 Å². The van der Waals surface area contributed by atoms with Gasteiger partial charge < -0.3 is 5.32 Å². The summed E-state index contributed by atoms with van der Waals surface area (Å²) >= 11 is 1.35. The van der Waals surface area contributed by atoms with Crippen LogP contribution in [0.25, 0.3) is 21.9 Å². The highest BCUT2D eigenvalue weighted by atomic mass is 32.1. The maximum atomic E-state index is 13.6. The summed E-state index contributed by atoms with van der Waals surface area (Å²) in [5.41, 5.74) is 5.87. The minimum Gasteiger partial charge on any atom is -0.352 e. The van der Waals surface area contributed by atoms with Gasteiger partial charge in [-0.2, -0.15) is 5.10 Å². The van der Waals surface area contributed by atoms with Gasteiger partial charge in [0.05, 0.1) is 23.4 Å². The summed E-state index contributed by atoms with van der Waals surface area (Å²) in [5, 5.41) is 9.44. The van der Waals surface area contributed by atoms with Crippen molar-refractivity contribution in [3.63, 3.8) is 0 Å². The number of hydrogen-bond acceptors (Lipinski definition) is 6. The SMILES string of the molecule is Cc1cccc(-n2nc(-c3c(C)nc4scc(CC(=O)NCc5cccnc5)n4c3=O)cc2C)c1. The molecule has 9 heteroatoms. The van der Waals surface area contributed by atoms with Gasteiger partial charge in [0.15, 0.2) is 4.96 Å². The molecular weight excluding hydrogens is 460 g/mol. The first kappa shape index (κ1) is 22.7. The van der Waals surface area contributed by atoms with Gasteiger partial charge in [-0.1, -0.05) is 18.2 Å². The van der Waals surface area contributed by atoms with Gasteiger partial charge >= 0.3 is 0 Å². The van der Waals surface area contributed by atoms with Gasteiger partial charge in [-0.15, -0.1) is 11.3 Å². The molecule has 8 nitrogen and oxygen atoms in total. The Morgan fingerprint density at radius 2 is 1.97 bits per heavy atom. The monoisotopic (exact) mass is 484 g/mol. The Bertz CT molecular complexity index is 1600. The minimum absolute atomic E-state index is 0.0705. The Kier molecular flexibility index (Phi) is 6.00. The fourth-order valence-electron chi connectivity index (χ4n) is 4.07. The number of nitrogens with one attached hydrogen (secondary N) is 1. The lowest BCUT2D eigenvalue weighted by molar-refractivity contribution is -0.120. The Labute approximate surface area is 205 Å². The van der Waals surface area contributed by atoms with Crippen molar-refractivity contribution in [2.24, 2.45) is 0 Å². The van der Waals surface area contributed by atoms with Crippen LogP contribution >= 0.6 is 11.3 Å². The molecule has 176 valence electrons.